The number of likely N-dealkylation sites (N-methyl/N-ethyl adjacent to an activating group) is 1. The zero-order valence-electron chi connectivity index (χ0n) is 11.4. The van der Waals surface area contributed by atoms with Crippen molar-refractivity contribution in [3.8, 4) is 0 Å². The number of benzene rings is 1. The van der Waals surface area contributed by atoms with Crippen molar-refractivity contribution in [1.29, 1.82) is 0 Å². The summed E-state index contributed by atoms with van der Waals surface area (Å²) in [5.74, 6) is 0. The summed E-state index contributed by atoms with van der Waals surface area (Å²) in [6.45, 7) is 3.83. The number of hydrogen-bond acceptors (Lipinski definition) is 5. The fourth-order valence-electron chi connectivity index (χ4n) is 1.63. The van der Waals surface area contributed by atoms with Crippen LogP contribution in [0.1, 0.15) is 13.8 Å². The van der Waals surface area contributed by atoms with Crippen LogP contribution in [0.15, 0.2) is 23.1 Å². The molecule has 0 fully saturated rings. The van der Waals surface area contributed by atoms with Crippen LogP contribution in [-0.4, -0.2) is 39.8 Å². The molecule has 0 radical (unpaired) electrons. The number of aliphatic hydroxyl groups excluding tert-OH is 1. The van der Waals surface area contributed by atoms with Gasteiger partial charge in [0, 0.05) is 19.6 Å². The minimum atomic E-state index is -3.51. The highest BCUT2D eigenvalue weighted by Crippen LogP contribution is 2.27. The number of sulfonamides is 1. The highest BCUT2D eigenvalue weighted by Gasteiger charge is 2.17. The lowest BCUT2D eigenvalue weighted by molar-refractivity contribution is 0.270. The van der Waals surface area contributed by atoms with Gasteiger partial charge in [0.15, 0.2) is 0 Å². The van der Waals surface area contributed by atoms with Crippen LogP contribution in [0.3, 0.4) is 0 Å². The summed E-state index contributed by atoms with van der Waals surface area (Å²) in [5.41, 5.74) is 6.92. The number of anilines is 2. The van der Waals surface area contributed by atoms with Crippen molar-refractivity contribution in [2.45, 2.75) is 24.8 Å². The van der Waals surface area contributed by atoms with E-state index in [1.807, 2.05) is 6.92 Å². The van der Waals surface area contributed by atoms with E-state index in [1.165, 1.54) is 12.1 Å². The van der Waals surface area contributed by atoms with Crippen molar-refractivity contribution in [3.63, 3.8) is 0 Å². The van der Waals surface area contributed by atoms with Gasteiger partial charge in [-0.2, -0.15) is 0 Å². The first-order valence-corrected chi connectivity index (χ1v) is 7.54. The number of hydrogen-bond donors (Lipinski definition) is 3. The van der Waals surface area contributed by atoms with Crippen molar-refractivity contribution >= 4 is 21.4 Å². The molecule has 6 nitrogen and oxygen atoms in total. The molecule has 0 saturated heterocycles. The Morgan fingerprint density at radius 2 is 2.11 bits per heavy atom. The smallest absolute Gasteiger partial charge is 0.240 e. The summed E-state index contributed by atoms with van der Waals surface area (Å²) in [6.07, 6.45) is 0. The molecule has 108 valence electrons. The first-order chi connectivity index (χ1) is 8.83. The number of nitrogen functional groups attached to an aromatic ring is 1. The molecule has 1 aromatic carbocycles. The molecule has 0 aliphatic heterocycles. The molecule has 4 N–H and O–H groups in total. The second-order valence-corrected chi connectivity index (χ2v) is 6.13. The molecule has 19 heavy (non-hydrogen) atoms. The predicted octanol–water partition coefficient (Wildman–Crippen LogP) is 0.384. The molecule has 1 atom stereocenters. The lowest BCUT2D eigenvalue weighted by Gasteiger charge is -2.27. The Balaban J connectivity index is 3.21. The van der Waals surface area contributed by atoms with Gasteiger partial charge in [-0.15, -0.1) is 0 Å². The average molecular weight is 287 g/mol. The molecular formula is C12H21N3O3S. The quantitative estimate of drug-likeness (QED) is 0.658. The number of aliphatic hydroxyl groups is 1. The van der Waals surface area contributed by atoms with Gasteiger partial charge in [-0.25, -0.2) is 13.1 Å². The van der Waals surface area contributed by atoms with E-state index >= 15 is 0 Å². The van der Waals surface area contributed by atoms with Gasteiger partial charge in [0.2, 0.25) is 10.0 Å². The van der Waals surface area contributed by atoms with E-state index < -0.39 is 10.0 Å². The SMILES string of the molecule is CCNS(=O)(=O)c1ccc(N)c(N(C)C(C)CO)c1. The highest BCUT2D eigenvalue weighted by atomic mass is 32.2. The molecule has 0 aliphatic carbocycles. The van der Waals surface area contributed by atoms with Crippen LogP contribution < -0.4 is 15.4 Å². The van der Waals surface area contributed by atoms with E-state index in [-0.39, 0.29) is 17.5 Å². The van der Waals surface area contributed by atoms with E-state index in [1.54, 1.807) is 24.9 Å². The summed E-state index contributed by atoms with van der Waals surface area (Å²) in [6, 6.07) is 4.38. The summed E-state index contributed by atoms with van der Waals surface area (Å²) in [4.78, 5) is 1.91. The maximum atomic E-state index is 11.9. The predicted molar refractivity (Wildman–Crippen MR) is 76.7 cm³/mol. The topological polar surface area (TPSA) is 95.7 Å². The molecule has 0 aliphatic rings. The second-order valence-electron chi connectivity index (χ2n) is 4.36. The minimum Gasteiger partial charge on any atom is -0.397 e. The molecule has 0 spiro atoms. The van der Waals surface area contributed by atoms with Crippen molar-refractivity contribution in [3.05, 3.63) is 18.2 Å². The Morgan fingerprint density at radius 1 is 1.47 bits per heavy atom. The van der Waals surface area contributed by atoms with Gasteiger partial charge in [0.25, 0.3) is 0 Å². The van der Waals surface area contributed by atoms with Crippen molar-refractivity contribution in [2.24, 2.45) is 0 Å². The number of nitrogens with one attached hydrogen (secondary N) is 1. The molecule has 1 unspecified atom stereocenters. The molecule has 0 bridgehead atoms. The largest absolute Gasteiger partial charge is 0.397 e. The first kappa shape index (κ1) is 15.7. The van der Waals surface area contributed by atoms with Gasteiger partial charge < -0.3 is 15.7 Å². The summed E-state index contributed by atoms with van der Waals surface area (Å²) < 4.78 is 26.3. The van der Waals surface area contributed by atoms with E-state index in [9.17, 15) is 8.42 Å². The molecule has 0 aromatic heterocycles. The van der Waals surface area contributed by atoms with Crippen molar-refractivity contribution in [2.75, 3.05) is 30.8 Å². The van der Waals surface area contributed by atoms with Gasteiger partial charge in [-0.3, -0.25) is 0 Å². The molecule has 7 heteroatoms. The number of rotatable bonds is 6. The maximum absolute atomic E-state index is 11.9. The third-order valence-electron chi connectivity index (χ3n) is 2.95. The van der Waals surface area contributed by atoms with Crippen LogP contribution in [0.2, 0.25) is 0 Å². The van der Waals surface area contributed by atoms with Gasteiger partial charge in [-0.1, -0.05) is 6.92 Å². The van der Waals surface area contributed by atoms with Crippen molar-refractivity contribution in [1.82, 2.24) is 4.72 Å². The van der Waals surface area contributed by atoms with E-state index in [4.69, 9.17) is 10.8 Å². The van der Waals surface area contributed by atoms with E-state index in [0.29, 0.717) is 17.9 Å². The number of nitrogens with zero attached hydrogens (tertiary/aromatic N) is 1. The summed E-state index contributed by atoms with van der Waals surface area (Å²) in [5, 5.41) is 9.16. The zero-order valence-corrected chi connectivity index (χ0v) is 12.2. The van der Waals surface area contributed by atoms with Crippen LogP contribution >= 0.6 is 0 Å². The Morgan fingerprint density at radius 3 is 2.63 bits per heavy atom. The van der Waals surface area contributed by atoms with Gasteiger partial charge in [0.1, 0.15) is 0 Å². The highest BCUT2D eigenvalue weighted by molar-refractivity contribution is 7.89. The van der Waals surface area contributed by atoms with E-state index in [2.05, 4.69) is 4.72 Å². The molecular weight excluding hydrogens is 266 g/mol. The monoisotopic (exact) mass is 287 g/mol. The standard InChI is InChI=1S/C12H21N3O3S/c1-4-14-19(17,18)10-5-6-11(13)12(7-10)15(3)9(2)8-16/h5-7,9,14,16H,4,8,13H2,1-3H3. The van der Waals surface area contributed by atoms with E-state index in [0.717, 1.165) is 0 Å². The normalized spacial score (nSPS) is 13.3. The van der Waals surface area contributed by atoms with Crippen LogP contribution in [-0.2, 0) is 10.0 Å². The second kappa shape index (κ2) is 6.23. The summed E-state index contributed by atoms with van der Waals surface area (Å²) in [7, 11) is -1.75. The van der Waals surface area contributed by atoms with Crippen LogP contribution in [0.25, 0.3) is 0 Å². The Hall–Kier alpha value is -1.31. The first-order valence-electron chi connectivity index (χ1n) is 6.06. The van der Waals surface area contributed by atoms with Crippen LogP contribution in [0.5, 0.6) is 0 Å². The fraction of sp³-hybridized carbons (Fsp3) is 0.500. The lowest BCUT2D eigenvalue weighted by atomic mass is 10.2. The van der Waals surface area contributed by atoms with Crippen molar-refractivity contribution < 1.29 is 13.5 Å². The molecule has 1 aromatic rings. The molecule has 0 heterocycles. The Bertz CT molecular complexity index is 531. The molecule has 0 saturated carbocycles. The minimum absolute atomic E-state index is 0.0415. The molecule has 1 rings (SSSR count). The fourth-order valence-corrected chi connectivity index (χ4v) is 2.69. The third kappa shape index (κ3) is 3.59. The number of nitrogens with two attached hydrogens (primary N) is 1. The average Bonchev–Trinajstić information content (AvgIpc) is 2.37. The lowest BCUT2D eigenvalue weighted by Crippen LogP contribution is -2.32. The summed E-state index contributed by atoms with van der Waals surface area (Å²) >= 11 is 0. The Labute approximate surface area is 114 Å². The maximum Gasteiger partial charge on any atom is 0.240 e. The third-order valence-corrected chi connectivity index (χ3v) is 4.50. The molecule has 0 amide bonds. The van der Waals surface area contributed by atoms with Gasteiger partial charge in [0.05, 0.1) is 22.9 Å². The van der Waals surface area contributed by atoms with Crippen LogP contribution in [0, 0.1) is 0 Å². The van der Waals surface area contributed by atoms with Crippen LogP contribution in [0.4, 0.5) is 11.4 Å². The zero-order chi connectivity index (χ0) is 14.6. The van der Waals surface area contributed by atoms with Gasteiger partial charge >= 0.3 is 0 Å². The van der Waals surface area contributed by atoms with Gasteiger partial charge in [-0.05, 0) is 25.1 Å². The Kier molecular flexibility index (Phi) is 5.16.